The van der Waals surface area contributed by atoms with E-state index in [1.807, 2.05) is 51.1 Å². The van der Waals surface area contributed by atoms with Gasteiger partial charge in [0.15, 0.2) is 5.54 Å². The van der Waals surface area contributed by atoms with Crippen LogP contribution in [0.4, 0.5) is 0 Å². The van der Waals surface area contributed by atoms with Crippen LogP contribution in [0.15, 0.2) is 30.3 Å². The van der Waals surface area contributed by atoms with E-state index in [9.17, 15) is 14.7 Å². The number of carbonyl (C=O) groups is 2. The first-order valence-corrected chi connectivity index (χ1v) is 7.67. The van der Waals surface area contributed by atoms with Crippen LogP contribution in [0.2, 0.25) is 0 Å². The zero-order valence-corrected chi connectivity index (χ0v) is 13.8. The SMILES string of the molecule is CC(C)(C)NC(=O)[C@@]1(CO)COC(=O)[C@@H](Cc2ccccc2)N1. The molecule has 0 unspecified atom stereocenters. The van der Waals surface area contributed by atoms with Gasteiger partial charge >= 0.3 is 5.97 Å². The van der Waals surface area contributed by atoms with Crippen LogP contribution >= 0.6 is 0 Å². The van der Waals surface area contributed by atoms with Crippen molar-refractivity contribution in [1.82, 2.24) is 10.6 Å². The summed E-state index contributed by atoms with van der Waals surface area (Å²) in [4.78, 5) is 24.6. The van der Waals surface area contributed by atoms with Crippen molar-refractivity contribution in [3.8, 4) is 0 Å². The van der Waals surface area contributed by atoms with Crippen LogP contribution < -0.4 is 10.6 Å². The maximum atomic E-state index is 12.5. The summed E-state index contributed by atoms with van der Waals surface area (Å²) in [5.74, 6) is -0.792. The van der Waals surface area contributed by atoms with Crippen molar-refractivity contribution in [1.29, 1.82) is 0 Å². The molecule has 1 aromatic rings. The van der Waals surface area contributed by atoms with Gasteiger partial charge in [-0.15, -0.1) is 0 Å². The number of rotatable bonds is 4. The molecular formula is C17H24N2O4. The first-order chi connectivity index (χ1) is 10.8. The van der Waals surface area contributed by atoms with Crippen LogP contribution in [0.3, 0.4) is 0 Å². The minimum atomic E-state index is -1.32. The lowest BCUT2D eigenvalue weighted by Gasteiger charge is -2.40. The molecule has 0 aliphatic carbocycles. The Morgan fingerprint density at radius 3 is 2.61 bits per heavy atom. The average Bonchev–Trinajstić information content (AvgIpc) is 2.49. The molecule has 6 nitrogen and oxygen atoms in total. The molecule has 6 heteroatoms. The molecule has 1 aliphatic rings. The Bertz CT molecular complexity index is 568. The minimum Gasteiger partial charge on any atom is -0.462 e. The van der Waals surface area contributed by atoms with E-state index in [0.717, 1.165) is 5.56 Å². The number of ether oxygens (including phenoxy) is 1. The largest absolute Gasteiger partial charge is 0.462 e. The van der Waals surface area contributed by atoms with Gasteiger partial charge in [0.2, 0.25) is 5.91 Å². The molecule has 0 spiro atoms. The van der Waals surface area contributed by atoms with E-state index in [0.29, 0.717) is 6.42 Å². The smallest absolute Gasteiger partial charge is 0.323 e. The number of benzene rings is 1. The number of morpholine rings is 1. The molecule has 0 bridgehead atoms. The van der Waals surface area contributed by atoms with E-state index in [4.69, 9.17) is 4.74 Å². The maximum Gasteiger partial charge on any atom is 0.323 e. The van der Waals surface area contributed by atoms with Gasteiger partial charge in [0.1, 0.15) is 12.6 Å². The molecule has 0 radical (unpaired) electrons. The van der Waals surface area contributed by atoms with Crippen LogP contribution in [-0.4, -0.2) is 47.3 Å². The number of cyclic esters (lactones) is 1. The predicted octanol–water partition coefficient (Wildman–Crippen LogP) is 0.390. The van der Waals surface area contributed by atoms with Gasteiger partial charge in [0.05, 0.1) is 6.61 Å². The summed E-state index contributed by atoms with van der Waals surface area (Å²) in [6.07, 6.45) is 0.393. The van der Waals surface area contributed by atoms with E-state index >= 15 is 0 Å². The van der Waals surface area contributed by atoms with Crippen molar-refractivity contribution in [2.45, 2.75) is 44.3 Å². The second-order valence-electron chi connectivity index (χ2n) is 6.94. The number of aliphatic hydroxyl groups excluding tert-OH is 1. The third-order valence-electron chi connectivity index (χ3n) is 3.67. The molecule has 1 aliphatic heterocycles. The van der Waals surface area contributed by atoms with E-state index in [1.165, 1.54) is 0 Å². The molecule has 2 rings (SSSR count). The summed E-state index contributed by atoms with van der Waals surface area (Å²) in [6.45, 7) is 4.92. The summed E-state index contributed by atoms with van der Waals surface area (Å²) < 4.78 is 5.18. The number of amides is 1. The number of aliphatic hydroxyl groups is 1. The number of nitrogens with one attached hydrogen (secondary N) is 2. The molecule has 1 heterocycles. The van der Waals surface area contributed by atoms with Gasteiger partial charge in [-0.25, -0.2) is 0 Å². The van der Waals surface area contributed by atoms with Gasteiger partial charge in [-0.3, -0.25) is 14.9 Å². The summed E-state index contributed by atoms with van der Waals surface area (Å²) >= 11 is 0. The Labute approximate surface area is 136 Å². The van der Waals surface area contributed by atoms with Gasteiger partial charge in [-0.1, -0.05) is 30.3 Å². The highest BCUT2D eigenvalue weighted by molar-refractivity contribution is 5.90. The van der Waals surface area contributed by atoms with Crippen molar-refractivity contribution in [3.05, 3.63) is 35.9 Å². The Kier molecular flexibility index (Phi) is 5.06. The van der Waals surface area contributed by atoms with Gasteiger partial charge in [0, 0.05) is 5.54 Å². The highest BCUT2D eigenvalue weighted by Crippen LogP contribution is 2.18. The summed E-state index contributed by atoms with van der Waals surface area (Å²) in [6, 6.07) is 8.79. The molecule has 1 aromatic carbocycles. The monoisotopic (exact) mass is 320 g/mol. The van der Waals surface area contributed by atoms with Crippen LogP contribution in [-0.2, 0) is 20.7 Å². The molecule has 0 aromatic heterocycles. The lowest BCUT2D eigenvalue weighted by atomic mass is 9.93. The quantitative estimate of drug-likeness (QED) is 0.699. The molecular weight excluding hydrogens is 296 g/mol. The lowest BCUT2D eigenvalue weighted by molar-refractivity contribution is -0.161. The summed E-state index contributed by atoms with van der Waals surface area (Å²) in [7, 11) is 0. The third kappa shape index (κ3) is 4.30. The van der Waals surface area contributed by atoms with Crippen molar-refractivity contribution < 1.29 is 19.4 Å². The van der Waals surface area contributed by atoms with Gasteiger partial charge in [0.25, 0.3) is 0 Å². The van der Waals surface area contributed by atoms with E-state index in [2.05, 4.69) is 10.6 Å². The Balaban J connectivity index is 2.16. The van der Waals surface area contributed by atoms with Crippen LogP contribution in [0.1, 0.15) is 26.3 Å². The highest BCUT2D eigenvalue weighted by Gasteiger charge is 2.47. The first kappa shape index (κ1) is 17.4. The molecule has 0 saturated carbocycles. The van der Waals surface area contributed by atoms with Gasteiger partial charge in [-0.05, 0) is 32.8 Å². The highest BCUT2D eigenvalue weighted by atomic mass is 16.5. The van der Waals surface area contributed by atoms with Crippen LogP contribution in [0.5, 0.6) is 0 Å². The van der Waals surface area contributed by atoms with E-state index in [1.54, 1.807) is 0 Å². The number of esters is 1. The Hall–Kier alpha value is -1.92. The second-order valence-corrected chi connectivity index (χ2v) is 6.94. The fourth-order valence-corrected chi connectivity index (χ4v) is 2.47. The number of hydrogen-bond donors (Lipinski definition) is 3. The number of hydrogen-bond acceptors (Lipinski definition) is 5. The zero-order valence-electron chi connectivity index (χ0n) is 13.8. The fourth-order valence-electron chi connectivity index (χ4n) is 2.47. The molecule has 2 atom stereocenters. The molecule has 1 fully saturated rings. The maximum absolute atomic E-state index is 12.5. The predicted molar refractivity (Wildman–Crippen MR) is 85.7 cm³/mol. The Morgan fingerprint density at radius 1 is 1.39 bits per heavy atom. The van der Waals surface area contributed by atoms with Crippen LogP contribution in [0, 0.1) is 0 Å². The molecule has 3 N–H and O–H groups in total. The van der Waals surface area contributed by atoms with Crippen LogP contribution in [0.25, 0.3) is 0 Å². The van der Waals surface area contributed by atoms with Crippen molar-refractivity contribution in [2.24, 2.45) is 0 Å². The van der Waals surface area contributed by atoms with E-state index in [-0.39, 0.29) is 12.5 Å². The molecule has 126 valence electrons. The van der Waals surface area contributed by atoms with Crippen molar-refractivity contribution in [3.63, 3.8) is 0 Å². The fraction of sp³-hybridized carbons (Fsp3) is 0.529. The molecule has 1 saturated heterocycles. The summed E-state index contributed by atoms with van der Waals surface area (Å²) in [5, 5.41) is 15.6. The van der Waals surface area contributed by atoms with Gasteiger partial charge < -0.3 is 15.2 Å². The minimum absolute atomic E-state index is 0.185. The normalized spacial score (nSPS) is 24.9. The standard InChI is InChI=1S/C17H24N2O4/c1-16(2,3)19-15(22)17(10-20)11-23-14(21)13(18-17)9-12-7-5-4-6-8-12/h4-8,13,18,20H,9-11H2,1-3H3,(H,19,22)/t13-,17-/m1/s1. The topological polar surface area (TPSA) is 87.7 Å². The second kappa shape index (κ2) is 6.68. The molecule has 1 amide bonds. The van der Waals surface area contributed by atoms with Gasteiger partial charge in [-0.2, -0.15) is 0 Å². The van der Waals surface area contributed by atoms with Crippen molar-refractivity contribution >= 4 is 11.9 Å². The average molecular weight is 320 g/mol. The zero-order chi connectivity index (χ0) is 17.1. The van der Waals surface area contributed by atoms with E-state index < -0.39 is 29.7 Å². The summed E-state index contributed by atoms with van der Waals surface area (Å²) in [5.41, 5.74) is -0.815. The Morgan fingerprint density at radius 2 is 2.04 bits per heavy atom. The third-order valence-corrected chi connectivity index (χ3v) is 3.67. The number of carbonyl (C=O) groups excluding carboxylic acids is 2. The molecule has 23 heavy (non-hydrogen) atoms. The lowest BCUT2D eigenvalue weighted by Crippen LogP contribution is -2.71. The first-order valence-electron chi connectivity index (χ1n) is 7.67. The van der Waals surface area contributed by atoms with Crippen molar-refractivity contribution in [2.75, 3.05) is 13.2 Å².